The van der Waals surface area contributed by atoms with Crippen molar-refractivity contribution in [2.75, 3.05) is 6.54 Å². The standard InChI is InChI=1S/C11H13BrN2OS/c1-8-7-9(16-10(8)12)11(15)14-6-4-2-3-5-13/h7H,2-4,6H2,1H3,(H,14,15). The number of nitrogens with one attached hydrogen (secondary N) is 1. The van der Waals surface area contributed by atoms with E-state index in [1.54, 1.807) is 0 Å². The molecule has 0 spiro atoms. The van der Waals surface area contributed by atoms with E-state index in [1.807, 2.05) is 13.0 Å². The molecule has 0 aliphatic rings. The van der Waals surface area contributed by atoms with Gasteiger partial charge in [0.05, 0.1) is 14.7 Å². The Morgan fingerprint density at radius 3 is 2.94 bits per heavy atom. The summed E-state index contributed by atoms with van der Waals surface area (Å²) >= 11 is 4.83. The van der Waals surface area contributed by atoms with Gasteiger partial charge in [-0.2, -0.15) is 5.26 Å². The number of unbranched alkanes of at least 4 members (excludes halogenated alkanes) is 2. The van der Waals surface area contributed by atoms with E-state index in [2.05, 4.69) is 27.3 Å². The fraction of sp³-hybridized carbons (Fsp3) is 0.455. The van der Waals surface area contributed by atoms with Gasteiger partial charge in [-0.3, -0.25) is 4.79 Å². The molecule has 1 aromatic heterocycles. The van der Waals surface area contributed by atoms with E-state index in [0.717, 1.165) is 27.1 Å². The summed E-state index contributed by atoms with van der Waals surface area (Å²) in [7, 11) is 0. The number of hydrogen-bond donors (Lipinski definition) is 1. The Kier molecular flexibility index (Phi) is 5.50. The third-order valence-corrected chi connectivity index (χ3v) is 4.22. The molecule has 86 valence electrons. The molecule has 5 heteroatoms. The lowest BCUT2D eigenvalue weighted by molar-refractivity contribution is 0.0957. The number of nitrogens with zero attached hydrogens (tertiary/aromatic N) is 1. The molecule has 0 fully saturated rings. The van der Waals surface area contributed by atoms with Crippen LogP contribution < -0.4 is 5.32 Å². The Labute approximate surface area is 108 Å². The minimum Gasteiger partial charge on any atom is -0.351 e. The predicted octanol–water partition coefficient (Wildman–Crippen LogP) is 3.24. The van der Waals surface area contributed by atoms with Gasteiger partial charge in [-0.25, -0.2) is 0 Å². The van der Waals surface area contributed by atoms with Gasteiger partial charge in [0, 0.05) is 13.0 Å². The SMILES string of the molecule is Cc1cc(C(=O)NCCCCC#N)sc1Br. The number of rotatable bonds is 5. The van der Waals surface area contributed by atoms with Crippen molar-refractivity contribution >= 4 is 33.2 Å². The molecule has 0 aromatic carbocycles. The van der Waals surface area contributed by atoms with E-state index >= 15 is 0 Å². The first kappa shape index (κ1) is 13.2. The number of aryl methyl sites for hydroxylation is 1. The number of carbonyl (C=O) groups excluding carboxylic acids is 1. The zero-order valence-corrected chi connectivity index (χ0v) is 11.4. The molecular formula is C11H13BrN2OS. The molecule has 3 nitrogen and oxygen atoms in total. The van der Waals surface area contributed by atoms with Crippen LogP contribution in [0.3, 0.4) is 0 Å². The molecule has 0 aliphatic carbocycles. The molecule has 0 radical (unpaired) electrons. The lowest BCUT2D eigenvalue weighted by atomic mass is 10.2. The van der Waals surface area contributed by atoms with Crippen LogP contribution in [0.15, 0.2) is 9.85 Å². The third-order valence-electron chi connectivity index (χ3n) is 2.08. The van der Waals surface area contributed by atoms with Gasteiger partial charge in [0.25, 0.3) is 5.91 Å². The van der Waals surface area contributed by atoms with Crippen LogP contribution in [0.1, 0.15) is 34.5 Å². The van der Waals surface area contributed by atoms with E-state index in [1.165, 1.54) is 11.3 Å². The monoisotopic (exact) mass is 300 g/mol. The maximum atomic E-state index is 11.7. The van der Waals surface area contributed by atoms with E-state index < -0.39 is 0 Å². The first-order chi connectivity index (χ1) is 7.65. The van der Waals surface area contributed by atoms with Crippen LogP contribution in [0.4, 0.5) is 0 Å². The molecule has 1 heterocycles. The van der Waals surface area contributed by atoms with Gasteiger partial charge in [-0.1, -0.05) is 0 Å². The Bertz CT molecular complexity index is 389. The molecule has 0 aliphatic heterocycles. The number of amides is 1. The van der Waals surface area contributed by atoms with Gasteiger partial charge in [0.2, 0.25) is 0 Å². The maximum absolute atomic E-state index is 11.7. The van der Waals surface area contributed by atoms with Crippen molar-refractivity contribution in [2.24, 2.45) is 0 Å². The fourth-order valence-corrected chi connectivity index (χ4v) is 2.64. The van der Waals surface area contributed by atoms with Crippen molar-refractivity contribution < 1.29 is 4.79 Å². The van der Waals surface area contributed by atoms with Gasteiger partial charge in [-0.05, 0) is 47.3 Å². The second-order valence-corrected chi connectivity index (χ2v) is 5.81. The highest BCUT2D eigenvalue weighted by atomic mass is 79.9. The van der Waals surface area contributed by atoms with E-state index in [9.17, 15) is 4.79 Å². The minimum absolute atomic E-state index is 0.0317. The first-order valence-corrected chi connectivity index (χ1v) is 6.67. The number of nitriles is 1. The zero-order valence-electron chi connectivity index (χ0n) is 9.05. The van der Waals surface area contributed by atoms with Crippen LogP contribution in [0, 0.1) is 18.3 Å². The van der Waals surface area contributed by atoms with E-state index in [4.69, 9.17) is 5.26 Å². The molecule has 0 saturated carbocycles. The molecule has 0 unspecified atom stereocenters. The van der Waals surface area contributed by atoms with Crippen molar-refractivity contribution in [1.29, 1.82) is 5.26 Å². The quantitative estimate of drug-likeness (QED) is 0.849. The molecule has 0 bridgehead atoms. The summed E-state index contributed by atoms with van der Waals surface area (Å²) in [5.74, 6) is -0.0317. The Morgan fingerprint density at radius 2 is 2.38 bits per heavy atom. The molecule has 1 rings (SSSR count). The molecule has 0 saturated heterocycles. The van der Waals surface area contributed by atoms with Crippen LogP contribution in [-0.4, -0.2) is 12.5 Å². The molecular weight excluding hydrogens is 288 g/mol. The van der Waals surface area contributed by atoms with Crippen LogP contribution in [0.5, 0.6) is 0 Å². The van der Waals surface area contributed by atoms with Crippen molar-refractivity contribution in [3.63, 3.8) is 0 Å². The van der Waals surface area contributed by atoms with Crippen LogP contribution in [0.25, 0.3) is 0 Å². The average molecular weight is 301 g/mol. The topological polar surface area (TPSA) is 52.9 Å². The van der Waals surface area contributed by atoms with Gasteiger partial charge in [-0.15, -0.1) is 11.3 Å². The summed E-state index contributed by atoms with van der Waals surface area (Å²) in [5.41, 5.74) is 1.08. The minimum atomic E-state index is -0.0317. The van der Waals surface area contributed by atoms with Gasteiger partial charge in [0.1, 0.15) is 0 Å². The number of hydrogen-bond acceptors (Lipinski definition) is 3. The van der Waals surface area contributed by atoms with Gasteiger partial charge >= 0.3 is 0 Å². The molecule has 1 aromatic rings. The number of halogens is 1. The Morgan fingerprint density at radius 1 is 1.62 bits per heavy atom. The Balaban J connectivity index is 2.33. The highest BCUT2D eigenvalue weighted by Crippen LogP contribution is 2.27. The van der Waals surface area contributed by atoms with E-state index in [-0.39, 0.29) is 5.91 Å². The maximum Gasteiger partial charge on any atom is 0.261 e. The van der Waals surface area contributed by atoms with Gasteiger partial charge in [0.15, 0.2) is 0 Å². The normalized spacial score (nSPS) is 9.81. The van der Waals surface area contributed by atoms with Crippen molar-refractivity contribution in [3.8, 4) is 6.07 Å². The zero-order chi connectivity index (χ0) is 12.0. The molecule has 1 amide bonds. The Hall–Kier alpha value is -0.860. The molecule has 0 atom stereocenters. The van der Waals surface area contributed by atoms with Crippen LogP contribution in [-0.2, 0) is 0 Å². The first-order valence-electron chi connectivity index (χ1n) is 5.06. The molecule has 1 N–H and O–H groups in total. The summed E-state index contributed by atoms with van der Waals surface area (Å²) in [4.78, 5) is 12.4. The van der Waals surface area contributed by atoms with Crippen molar-refractivity contribution in [1.82, 2.24) is 5.32 Å². The van der Waals surface area contributed by atoms with Crippen molar-refractivity contribution in [3.05, 3.63) is 20.3 Å². The summed E-state index contributed by atoms with van der Waals surface area (Å²) in [5, 5.41) is 11.2. The molecule has 16 heavy (non-hydrogen) atoms. The summed E-state index contributed by atoms with van der Waals surface area (Å²) in [6.45, 7) is 2.60. The van der Waals surface area contributed by atoms with Gasteiger partial charge < -0.3 is 5.32 Å². The summed E-state index contributed by atoms with van der Waals surface area (Å²) in [6, 6.07) is 3.96. The second kappa shape index (κ2) is 6.66. The fourth-order valence-electron chi connectivity index (χ4n) is 1.19. The second-order valence-electron chi connectivity index (χ2n) is 3.44. The largest absolute Gasteiger partial charge is 0.351 e. The van der Waals surface area contributed by atoms with Crippen LogP contribution in [0.2, 0.25) is 0 Å². The van der Waals surface area contributed by atoms with E-state index in [0.29, 0.717) is 13.0 Å². The summed E-state index contributed by atoms with van der Waals surface area (Å²) < 4.78 is 1.00. The van der Waals surface area contributed by atoms with Crippen LogP contribution >= 0.6 is 27.3 Å². The highest BCUT2D eigenvalue weighted by Gasteiger charge is 2.09. The predicted molar refractivity (Wildman–Crippen MR) is 68.6 cm³/mol. The summed E-state index contributed by atoms with van der Waals surface area (Å²) in [6.07, 6.45) is 2.24. The number of thiophene rings is 1. The van der Waals surface area contributed by atoms with Crippen molar-refractivity contribution in [2.45, 2.75) is 26.2 Å². The number of carbonyl (C=O) groups is 1. The smallest absolute Gasteiger partial charge is 0.261 e. The lowest BCUT2D eigenvalue weighted by Crippen LogP contribution is -2.23. The highest BCUT2D eigenvalue weighted by molar-refractivity contribution is 9.11. The lowest BCUT2D eigenvalue weighted by Gasteiger charge is -2.01. The third kappa shape index (κ3) is 3.95. The average Bonchev–Trinajstić information content (AvgIpc) is 2.59.